The summed E-state index contributed by atoms with van der Waals surface area (Å²) in [6, 6.07) is 7.33. The first-order valence-corrected chi connectivity index (χ1v) is 5.04. The van der Waals surface area contributed by atoms with E-state index in [0.29, 0.717) is 16.3 Å². The minimum absolute atomic E-state index is 0.344. The van der Waals surface area contributed by atoms with E-state index in [1.165, 1.54) is 12.3 Å². The predicted molar refractivity (Wildman–Crippen MR) is 59.3 cm³/mol. The molecule has 0 aliphatic carbocycles. The van der Waals surface area contributed by atoms with Crippen molar-refractivity contribution in [1.29, 1.82) is 0 Å². The monoisotopic (exact) mass is 240 g/mol. The highest BCUT2D eigenvalue weighted by Crippen LogP contribution is 2.25. The van der Waals surface area contributed by atoms with E-state index in [4.69, 9.17) is 21.9 Å². The van der Waals surface area contributed by atoms with Crippen LogP contribution in [-0.4, -0.2) is 0 Å². The lowest BCUT2D eigenvalue weighted by Crippen LogP contribution is -2.29. The van der Waals surface area contributed by atoms with E-state index in [0.717, 1.165) is 0 Å². The molecule has 0 saturated carbocycles. The lowest BCUT2D eigenvalue weighted by atomic mass is 10.0. The fraction of sp³-hybridized carbons (Fsp3) is 0.0909. The Labute approximate surface area is 97.0 Å². The van der Waals surface area contributed by atoms with Crippen molar-refractivity contribution in [2.45, 2.75) is 6.04 Å². The topological polar surface area (TPSA) is 51.2 Å². The Balaban J connectivity index is 2.41. The zero-order chi connectivity index (χ0) is 11.5. The summed E-state index contributed by atoms with van der Waals surface area (Å²) >= 11 is 5.67. The molecule has 0 radical (unpaired) electrons. The van der Waals surface area contributed by atoms with Crippen molar-refractivity contribution in [2.75, 3.05) is 0 Å². The molecule has 3 nitrogen and oxygen atoms in total. The van der Waals surface area contributed by atoms with Gasteiger partial charge in [-0.2, -0.15) is 0 Å². The van der Waals surface area contributed by atoms with Crippen LogP contribution in [0.5, 0.6) is 0 Å². The van der Waals surface area contributed by atoms with Crippen molar-refractivity contribution < 1.29 is 8.81 Å². The van der Waals surface area contributed by atoms with Gasteiger partial charge in [0, 0.05) is 10.6 Å². The van der Waals surface area contributed by atoms with E-state index in [2.05, 4.69) is 5.43 Å². The third kappa shape index (κ3) is 2.09. The van der Waals surface area contributed by atoms with Crippen LogP contribution in [0.25, 0.3) is 0 Å². The van der Waals surface area contributed by atoms with E-state index in [-0.39, 0.29) is 0 Å². The highest BCUT2D eigenvalue weighted by atomic mass is 35.5. The number of nitrogens with one attached hydrogen (secondary N) is 1. The summed E-state index contributed by atoms with van der Waals surface area (Å²) in [5.74, 6) is 5.51. The molecule has 16 heavy (non-hydrogen) atoms. The molecule has 1 unspecified atom stereocenters. The Bertz CT molecular complexity index is 473. The van der Waals surface area contributed by atoms with Gasteiger partial charge in [-0.1, -0.05) is 17.7 Å². The van der Waals surface area contributed by atoms with Crippen molar-refractivity contribution in [3.05, 3.63) is 58.8 Å². The maximum atomic E-state index is 13.7. The van der Waals surface area contributed by atoms with Gasteiger partial charge in [-0.05, 0) is 24.3 Å². The average molecular weight is 241 g/mol. The van der Waals surface area contributed by atoms with Crippen molar-refractivity contribution in [1.82, 2.24) is 5.43 Å². The summed E-state index contributed by atoms with van der Waals surface area (Å²) in [6.07, 6.45) is 1.51. The van der Waals surface area contributed by atoms with Gasteiger partial charge < -0.3 is 4.42 Å². The molecule has 1 aromatic heterocycles. The number of furan rings is 1. The molecule has 0 saturated heterocycles. The van der Waals surface area contributed by atoms with Crippen molar-refractivity contribution >= 4 is 11.6 Å². The predicted octanol–water partition coefficient (Wildman–Crippen LogP) is 2.62. The van der Waals surface area contributed by atoms with Gasteiger partial charge >= 0.3 is 0 Å². The average Bonchev–Trinajstić information content (AvgIpc) is 2.75. The van der Waals surface area contributed by atoms with Crippen LogP contribution in [0.2, 0.25) is 5.02 Å². The van der Waals surface area contributed by atoms with Crippen LogP contribution in [0.1, 0.15) is 17.4 Å². The summed E-state index contributed by atoms with van der Waals surface area (Å²) in [6.45, 7) is 0. The molecule has 0 bridgehead atoms. The zero-order valence-electron chi connectivity index (χ0n) is 8.28. The Morgan fingerprint density at radius 1 is 1.38 bits per heavy atom. The van der Waals surface area contributed by atoms with E-state index in [1.54, 1.807) is 24.3 Å². The Morgan fingerprint density at radius 3 is 2.75 bits per heavy atom. The standard InChI is InChI=1S/C11H10ClFN2O/c12-7-3-4-8(9(13)6-7)11(15-14)10-2-1-5-16-10/h1-6,11,15H,14H2. The molecule has 84 valence electrons. The third-order valence-electron chi connectivity index (χ3n) is 2.27. The molecule has 0 aliphatic heterocycles. The van der Waals surface area contributed by atoms with Crippen LogP contribution in [0.15, 0.2) is 41.0 Å². The Morgan fingerprint density at radius 2 is 2.19 bits per heavy atom. The van der Waals surface area contributed by atoms with Crippen LogP contribution in [0, 0.1) is 5.82 Å². The number of hydrogen-bond acceptors (Lipinski definition) is 3. The van der Waals surface area contributed by atoms with Gasteiger partial charge in [0.2, 0.25) is 0 Å². The molecule has 2 aromatic rings. The molecular weight excluding hydrogens is 231 g/mol. The van der Waals surface area contributed by atoms with Crippen LogP contribution >= 0.6 is 11.6 Å². The van der Waals surface area contributed by atoms with Gasteiger partial charge in [-0.15, -0.1) is 0 Å². The van der Waals surface area contributed by atoms with Gasteiger partial charge in [0.15, 0.2) is 0 Å². The number of halogens is 2. The molecule has 0 amide bonds. The molecule has 0 spiro atoms. The highest BCUT2D eigenvalue weighted by molar-refractivity contribution is 6.30. The quantitative estimate of drug-likeness (QED) is 0.641. The van der Waals surface area contributed by atoms with E-state index in [1.807, 2.05) is 0 Å². The fourth-order valence-electron chi connectivity index (χ4n) is 1.52. The van der Waals surface area contributed by atoms with Crippen molar-refractivity contribution in [3.63, 3.8) is 0 Å². The maximum Gasteiger partial charge on any atom is 0.129 e. The molecule has 5 heteroatoms. The van der Waals surface area contributed by atoms with Crippen LogP contribution in [0.3, 0.4) is 0 Å². The molecule has 0 fully saturated rings. The Kier molecular flexibility index (Phi) is 3.24. The highest BCUT2D eigenvalue weighted by Gasteiger charge is 2.18. The summed E-state index contributed by atoms with van der Waals surface area (Å²) in [5, 5.41) is 0.344. The van der Waals surface area contributed by atoms with Crippen LogP contribution in [0.4, 0.5) is 4.39 Å². The second kappa shape index (κ2) is 4.65. The smallest absolute Gasteiger partial charge is 0.129 e. The molecule has 0 aliphatic rings. The second-order valence-corrected chi connectivity index (χ2v) is 3.72. The van der Waals surface area contributed by atoms with E-state index in [9.17, 15) is 4.39 Å². The van der Waals surface area contributed by atoms with Gasteiger partial charge in [0.05, 0.1) is 6.26 Å². The van der Waals surface area contributed by atoms with Crippen LogP contribution < -0.4 is 11.3 Å². The van der Waals surface area contributed by atoms with Gasteiger partial charge in [-0.25, -0.2) is 9.82 Å². The van der Waals surface area contributed by atoms with Gasteiger partial charge in [0.1, 0.15) is 17.6 Å². The Hall–Kier alpha value is -1.36. The maximum absolute atomic E-state index is 13.7. The minimum atomic E-state index is -0.521. The number of nitrogens with two attached hydrogens (primary N) is 1. The number of hydrazine groups is 1. The summed E-state index contributed by atoms with van der Waals surface area (Å²) in [5.41, 5.74) is 2.89. The molecule has 3 N–H and O–H groups in total. The first kappa shape index (κ1) is 11.1. The normalized spacial score (nSPS) is 12.7. The van der Waals surface area contributed by atoms with E-state index >= 15 is 0 Å². The summed E-state index contributed by atoms with van der Waals surface area (Å²) < 4.78 is 18.8. The first-order valence-electron chi connectivity index (χ1n) is 4.67. The lowest BCUT2D eigenvalue weighted by molar-refractivity contribution is 0.441. The summed E-state index contributed by atoms with van der Waals surface area (Å²) in [4.78, 5) is 0. The van der Waals surface area contributed by atoms with Gasteiger partial charge in [-0.3, -0.25) is 5.84 Å². The fourth-order valence-corrected chi connectivity index (χ4v) is 1.68. The zero-order valence-corrected chi connectivity index (χ0v) is 9.04. The molecule has 1 heterocycles. The van der Waals surface area contributed by atoms with Crippen molar-refractivity contribution in [3.8, 4) is 0 Å². The number of hydrogen-bond donors (Lipinski definition) is 2. The molecular formula is C11H10ClFN2O. The van der Waals surface area contributed by atoms with E-state index < -0.39 is 11.9 Å². The molecule has 1 aromatic carbocycles. The van der Waals surface area contributed by atoms with Crippen LogP contribution in [-0.2, 0) is 0 Å². The second-order valence-electron chi connectivity index (χ2n) is 3.28. The third-order valence-corrected chi connectivity index (χ3v) is 2.50. The summed E-state index contributed by atoms with van der Waals surface area (Å²) in [7, 11) is 0. The van der Waals surface area contributed by atoms with Crippen molar-refractivity contribution in [2.24, 2.45) is 5.84 Å². The molecule has 2 rings (SSSR count). The lowest BCUT2D eigenvalue weighted by Gasteiger charge is -2.14. The van der Waals surface area contributed by atoms with Gasteiger partial charge in [0.25, 0.3) is 0 Å². The minimum Gasteiger partial charge on any atom is -0.467 e. The molecule has 1 atom stereocenters. The number of rotatable bonds is 3. The number of benzene rings is 1. The SMILES string of the molecule is NNC(c1ccco1)c1ccc(Cl)cc1F. The largest absolute Gasteiger partial charge is 0.467 e. The first-order chi connectivity index (χ1) is 7.72.